The van der Waals surface area contributed by atoms with E-state index in [0.717, 1.165) is 56.4 Å². The summed E-state index contributed by atoms with van der Waals surface area (Å²) in [6.07, 6.45) is 6.25. The number of thiophene rings is 1. The molecule has 9 heteroatoms. The molecule has 0 unspecified atom stereocenters. The number of rotatable bonds is 6. The van der Waals surface area contributed by atoms with Crippen molar-refractivity contribution in [3.8, 4) is 0 Å². The first-order valence-corrected chi connectivity index (χ1v) is 10.2. The van der Waals surface area contributed by atoms with E-state index >= 15 is 0 Å². The van der Waals surface area contributed by atoms with E-state index in [4.69, 9.17) is 9.41 Å². The van der Waals surface area contributed by atoms with Crippen LogP contribution in [0.1, 0.15) is 35.2 Å². The maximum absolute atomic E-state index is 5.43. The average molecular weight is 512 g/mol. The predicted molar refractivity (Wildman–Crippen MR) is 121 cm³/mol. The number of halogens is 1. The molecule has 0 atom stereocenters. The van der Waals surface area contributed by atoms with E-state index in [9.17, 15) is 0 Å². The molecule has 4 rings (SSSR count). The van der Waals surface area contributed by atoms with Crippen LogP contribution in [0, 0.1) is 0 Å². The molecule has 28 heavy (non-hydrogen) atoms. The summed E-state index contributed by atoms with van der Waals surface area (Å²) in [7, 11) is 0. The molecule has 1 saturated heterocycles. The van der Waals surface area contributed by atoms with Gasteiger partial charge in [-0.25, -0.2) is 9.98 Å². The van der Waals surface area contributed by atoms with E-state index in [-0.39, 0.29) is 24.0 Å². The molecule has 150 valence electrons. The Balaban J connectivity index is 0.00000225. The molecule has 2 N–H and O–H groups in total. The molecule has 0 aromatic carbocycles. The van der Waals surface area contributed by atoms with Crippen LogP contribution in [0.3, 0.4) is 0 Å². The number of aliphatic imine (C=N–C) groups is 1. The lowest BCUT2D eigenvalue weighted by molar-refractivity contribution is 0.298. The second-order valence-electron chi connectivity index (χ2n) is 6.61. The molecule has 0 spiro atoms. The summed E-state index contributed by atoms with van der Waals surface area (Å²) >= 11 is 1.74. The predicted octanol–water partition coefficient (Wildman–Crippen LogP) is 3.65. The van der Waals surface area contributed by atoms with Crippen LogP contribution < -0.4 is 5.32 Å². The first-order chi connectivity index (χ1) is 13.4. The van der Waals surface area contributed by atoms with Gasteiger partial charge >= 0.3 is 0 Å². The maximum atomic E-state index is 5.43. The number of hydrogen-bond acceptors (Lipinski definition) is 5. The lowest BCUT2D eigenvalue weighted by atomic mass is 9.96. The smallest absolute Gasteiger partial charge is 0.194 e. The zero-order valence-corrected chi connectivity index (χ0v) is 18.7. The molecule has 7 nitrogen and oxygen atoms in total. The molecule has 0 amide bonds. The van der Waals surface area contributed by atoms with Crippen molar-refractivity contribution < 1.29 is 4.42 Å². The third kappa shape index (κ3) is 5.57. The Morgan fingerprint density at radius 2 is 2.21 bits per heavy atom. The Bertz CT molecular complexity index is 811. The van der Waals surface area contributed by atoms with Gasteiger partial charge < -0.3 is 14.6 Å². The third-order valence-electron chi connectivity index (χ3n) is 4.81. The normalized spacial score (nSPS) is 15.4. The molecule has 1 fully saturated rings. The van der Waals surface area contributed by atoms with Crippen molar-refractivity contribution in [1.82, 2.24) is 25.4 Å². The van der Waals surface area contributed by atoms with Crippen LogP contribution in [0.5, 0.6) is 0 Å². The highest BCUT2D eigenvalue weighted by molar-refractivity contribution is 14.0. The molecular formula is C19H25IN6OS. The summed E-state index contributed by atoms with van der Waals surface area (Å²) < 4.78 is 5.43. The molecule has 0 aliphatic carbocycles. The van der Waals surface area contributed by atoms with Gasteiger partial charge in [-0.1, -0.05) is 6.07 Å². The second kappa shape index (κ2) is 10.6. The monoisotopic (exact) mass is 512 g/mol. The molecule has 4 heterocycles. The van der Waals surface area contributed by atoms with Crippen molar-refractivity contribution in [3.05, 3.63) is 58.7 Å². The number of piperidine rings is 1. The summed E-state index contributed by atoms with van der Waals surface area (Å²) in [5.74, 6) is 3.41. The van der Waals surface area contributed by atoms with Gasteiger partial charge in [0.15, 0.2) is 5.96 Å². The minimum atomic E-state index is 0. The van der Waals surface area contributed by atoms with Gasteiger partial charge in [-0.15, -0.1) is 35.3 Å². The molecule has 0 bridgehead atoms. The van der Waals surface area contributed by atoms with Crippen molar-refractivity contribution in [2.24, 2.45) is 4.99 Å². The highest BCUT2D eigenvalue weighted by Gasteiger charge is 2.24. The number of aromatic amines is 1. The van der Waals surface area contributed by atoms with Crippen LogP contribution in [0.2, 0.25) is 0 Å². The quantitative estimate of drug-likeness (QED) is 0.300. The van der Waals surface area contributed by atoms with E-state index in [1.54, 1.807) is 23.9 Å². The number of likely N-dealkylation sites (tertiary alicyclic amines) is 1. The lowest BCUT2D eigenvalue weighted by Gasteiger charge is -2.33. The maximum Gasteiger partial charge on any atom is 0.194 e. The average Bonchev–Trinajstić information content (AvgIpc) is 3.48. The number of nitrogens with zero attached hydrogens (tertiary/aromatic N) is 4. The first-order valence-electron chi connectivity index (χ1n) is 9.32. The van der Waals surface area contributed by atoms with Crippen LogP contribution in [0.25, 0.3) is 0 Å². The molecule has 1 aliphatic heterocycles. The van der Waals surface area contributed by atoms with Crippen molar-refractivity contribution in [2.45, 2.75) is 31.7 Å². The molecule has 1 aliphatic rings. The van der Waals surface area contributed by atoms with Gasteiger partial charge in [-0.3, -0.25) is 5.10 Å². The molecule has 3 aromatic rings. The summed E-state index contributed by atoms with van der Waals surface area (Å²) in [5.41, 5.74) is 0. The van der Waals surface area contributed by atoms with Crippen LogP contribution in [-0.2, 0) is 13.0 Å². The van der Waals surface area contributed by atoms with E-state index in [1.165, 1.54) is 4.88 Å². The summed E-state index contributed by atoms with van der Waals surface area (Å²) in [4.78, 5) is 12.8. The largest absolute Gasteiger partial charge is 0.469 e. The number of nitrogens with one attached hydrogen (secondary N) is 2. The SMILES string of the molecule is I.c1coc(CCNC(=NCc2cccs2)N2CCC(c3ncn[nH]3)CC2)c1. The fraction of sp³-hybridized carbons (Fsp3) is 0.421. The van der Waals surface area contributed by atoms with Crippen LogP contribution in [-0.4, -0.2) is 45.7 Å². The second-order valence-corrected chi connectivity index (χ2v) is 7.64. The van der Waals surface area contributed by atoms with Gasteiger partial charge in [-0.05, 0) is 36.4 Å². The molecular weight excluding hydrogens is 487 g/mol. The standard InChI is InChI=1S/C19H24N6OS.HI/c1-3-16(26-11-1)5-8-20-19(21-13-17-4-2-12-27-17)25-9-6-15(7-10-25)18-22-14-23-24-18;/h1-4,11-12,14-15H,5-10,13H2,(H,20,21)(H,22,23,24);1H. The Labute approximate surface area is 185 Å². The number of aromatic nitrogens is 3. The number of hydrogen-bond donors (Lipinski definition) is 2. The third-order valence-corrected chi connectivity index (χ3v) is 5.68. The fourth-order valence-corrected chi connectivity index (χ4v) is 3.98. The highest BCUT2D eigenvalue weighted by atomic mass is 127. The number of furan rings is 1. The van der Waals surface area contributed by atoms with Crippen molar-refractivity contribution >= 4 is 41.3 Å². The van der Waals surface area contributed by atoms with E-state index in [2.05, 4.69) is 42.9 Å². The van der Waals surface area contributed by atoms with Gasteiger partial charge in [0.25, 0.3) is 0 Å². The Hall–Kier alpha value is -1.88. The highest BCUT2D eigenvalue weighted by Crippen LogP contribution is 2.25. The Morgan fingerprint density at radius 3 is 2.89 bits per heavy atom. The summed E-state index contributed by atoms with van der Waals surface area (Å²) in [6, 6.07) is 8.13. The minimum absolute atomic E-state index is 0. The lowest BCUT2D eigenvalue weighted by Crippen LogP contribution is -2.46. The minimum Gasteiger partial charge on any atom is -0.469 e. The summed E-state index contributed by atoms with van der Waals surface area (Å²) in [6.45, 7) is 3.44. The number of H-pyrrole nitrogens is 1. The van der Waals surface area contributed by atoms with Gasteiger partial charge in [0, 0.05) is 36.9 Å². The zero-order valence-electron chi connectivity index (χ0n) is 15.6. The Morgan fingerprint density at radius 1 is 1.32 bits per heavy atom. The Kier molecular flexibility index (Phi) is 7.90. The van der Waals surface area contributed by atoms with Crippen molar-refractivity contribution in [1.29, 1.82) is 0 Å². The van der Waals surface area contributed by atoms with Crippen LogP contribution >= 0.6 is 35.3 Å². The summed E-state index contributed by atoms with van der Waals surface area (Å²) in [5, 5.41) is 12.6. The van der Waals surface area contributed by atoms with Crippen LogP contribution in [0.4, 0.5) is 0 Å². The van der Waals surface area contributed by atoms with E-state index < -0.39 is 0 Å². The zero-order chi connectivity index (χ0) is 18.3. The van der Waals surface area contributed by atoms with Gasteiger partial charge in [0.1, 0.15) is 17.9 Å². The molecule has 3 aromatic heterocycles. The van der Waals surface area contributed by atoms with Gasteiger partial charge in [0.05, 0.1) is 12.8 Å². The van der Waals surface area contributed by atoms with E-state index in [1.807, 2.05) is 12.1 Å². The van der Waals surface area contributed by atoms with Crippen molar-refractivity contribution in [2.75, 3.05) is 19.6 Å². The molecule has 0 radical (unpaired) electrons. The molecule has 0 saturated carbocycles. The van der Waals surface area contributed by atoms with Gasteiger partial charge in [0.2, 0.25) is 0 Å². The first kappa shape index (κ1) is 20.8. The van der Waals surface area contributed by atoms with Gasteiger partial charge in [-0.2, -0.15) is 5.10 Å². The fourth-order valence-electron chi connectivity index (χ4n) is 3.35. The van der Waals surface area contributed by atoms with Crippen LogP contribution in [0.15, 0.2) is 51.6 Å². The number of guanidine groups is 1. The van der Waals surface area contributed by atoms with Crippen molar-refractivity contribution in [3.63, 3.8) is 0 Å². The topological polar surface area (TPSA) is 82.3 Å². The van der Waals surface area contributed by atoms with E-state index in [0.29, 0.717) is 12.5 Å².